The number of hydrogen-bond donors (Lipinski definition) is 1. The number of amides is 1. The van der Waals surface area contributed by atoms with Crippen molar-refractivity contribution in [3.8, 4) is 0 Å². The van der Waals surface area contributed by atoms with Crippen molar-refractivity contribution in [2.24, 2.45) is 0 Å². The van der Waals surface area contributed by atoms with Crippen LogP contribution in [0.25, 0.3) is 11.0 Å². The van der Waals surface area contributed by atoms with Crippen molar-refractivity contribution in [2.45, 2.75) is 12.5 Å². The van der Waals surface area contributed by atoms with Crippen LogP contribution in [0.5, 0.6) is 0 Å². The van der Waals surface area contributed by atoms with Crippen molar-refractivity contribution in [1.82, 2.24) is 20.2 Å². The van der Waals surface area contributed by atoms with Crippen molar-refractivity contribution in [1.29, 1.82) is 0 Å². The highest BCUT2D eigenvalue weighted by molar-refractivity contribution is 6.04. The van der Waals surface area contributed by atoms with E-state index >= 15 is 0 Å². The molecule has 22 heavy (non-hydrogen) atoms. The maximum absolute atomic E-state index is 13.6. The average Bonchev–Trinajstić information content (AvgIpc) is 2.99. The fraction of sp³-hybridized carbons (Fsp3) is 0.357. The van der Waals surface area contributed by atoms with Crippen molar-refractivity contribution in [3.05, 3.63) is 35.9 Å². The minimum atomic E-state index is -0.473. The third-order valence-corrected chi connectivity index (χ3v) is 3.67. The van der Waals surface area contributed by atoms with E-state index < -0.39 is 5.82 Å². The zero-order valence-corrected chi connectivity index (χ0v) is 13.6. The molecule has 2 heterocycles. The maximum atomic E-state index is 13.6. The minimum absolute atomic E-state index is 0. The second-order valence-electron chi connectivity index (χ2n) is 4.94. The van der Waals surface area contributed by atoms with Gasteiger partial charge in [0, 0.05) is 38.1 Å². The molecule has 120 valence electrons. The third-order valence-electron chi connectivity index (χ3n) is 3.67. The third kappa shape index (κ3) is 3.45. The molecule has 0 radical (unpaired) electrons. The van der Waals surface area contributed by atoms with E-state index in [1.807, 2.05) is 0 Å². The van der Waals surface area contributed by atoms with Crippen molar-refractivity contribution >= 4 is 41.8 Å². The lowest BCUT2D eigenvalue weighted by atomic mass is 10.1. The number of likely N-dealkylation sites (N-methyl/N-ethyl adjacent to an activating group) is 1. The number of halogens is 3. The van der Waals surface area contributed by atoms with Crippen LogP contribution < -0.4 is 5.32 Å². The Kier molecular flexibility index (Phi) is 6.47. The van der Waals surface area contributed by atoms with Gasteiger partial charge in [-0.1, -0.05) is 0 Å². The highest BCUT2D eigenvalue weighted by atomic mass is 35.5. The molecular weight excluding hydrogens is 330 g/mol. The Labute approximate surface area is 140 Å². The summed E-state index contributed by atoms with van der Waals surface area (Å²) in [5.74, 6) is -0.692. The van der Waals surface area contributed by atoms with Crippen LogP contribution in [0.4, 0.5) is 4.39 Å². The van der Waals surface area contributed by atoms with Crippen molar-refractivity contribution in [3.63, 3.8) is 0 Å². The molecule has 2 aromatic rings. The Morgan fingerprint density at radius 2 is 2.05 bits per heavy atom. The number of benzene rings is 1. The van der Waals surface area contributed by atoms with Gasteiger partial charge in [0.05, 0.1) is 11.1 Å². The SMILES string of the molecule is CN(C(=O)c1cc(F)cc2nccnc12)C1CCNC1.Cl.Cl. The summed E-state index contributed by atoms with van der Waals surface area (Å²) in [7, 11) is 1.74. The van der Waals surface area contributed by atoms with E-state index in [-0.39, 0.29) is 42.3 Å². The highest BCUT2D eigenvalue weighted by Crippen LogP contribution is 2.19. The van der Waals surface area contributed by atoms with Gasteiger partial charge in [0.25, 0.3) is 5.91 Å². The largest absolute Gasteiger partial charge is 0.337 e. The molecule has 1 saturated heterocycles. The van der Waals surface area contributed by atoms with Gasteiger partial charge in [-0.2, -0.15) is 0 Å². The first-order valence-corrected chi connectivity index (χ1v) is 6.55. The van der Waals surface area contributed by atoms with E-state index in [1.54, 1.807) is 11.9 Å². The molecule has 8 heteroatoms. The topological polar surface area (TPSA) is 58.1 Å². The van der Waals surface area contributed by atoms with Gasteiger partial charge in [-0.3, -0.25) is 14.8 Å². The summed E-state index contributed by atoms with van der Waals surface area (Å²) < 4.78 is 13.6. The average molecular weight is 347 g/mol. The Morgan fingerprint density at radius 3 is 2.73 bits per heavy atom. The van der Waals surface area contributed by atoms with Crippen molar-refractivity contribution < 1.29 is 9.18 Å². The molecule has 1 N–H and O–H groups in total. The maximum Gasteiger partial charge on any atom is 0.256 e. The monoisotopic (exact) mass is 346 g/mol. The zero-order chi connectivity index (χ0) is 14.1. The summed E-state index contributed by atoms with van der Waals surface area (Å²) >= 11 is 0. The molecule has 1 fully saturated rings. The Bertz CT molecular complexity index is 664. The van der Waals surface area contributed by atoms with Crippen LogP contribution in [0, 0.1) is 5.82 Å². The lowest BCUT2D eigenvalue weighted by Gasteiger charge is -2.24. The fourth-order valence-electron chi connectivity index (χ4n) is 2.53. The van der Waals surface area contributed by atoms with Gasteiger partial charge >= 0.3 is 0 Å². The molecule has 3 rings (SSSR count). The molecule has 1 aromatic carbocycles. The second kappa shape index (κ2) is 7.67. The molecule has 1 unspecified atom stereocenters. The summed E-state index contributed by atoms with van der Waals surface area (Å²) in [6, 6.07) is 2.66. The molecule has 0 aliphatic carbocycles. The van der Waals surface area contributed by atoms with Crippen LogP contribution in [-0.2, 0) is 0 Å². The van der Waals surface area contributed by atoms with Gasteiger partial charge in [-0.05, 0) is 19.0 Å². The first-order valence-electron chi connectivity index (χ1n) is 6.55. The normalized spacial score (nSPS) is 16.7. The summed E-state index contributed by atoms with van der Waals surface area (Å²) in [4.78, 5) is 22.4. The van der Waals surface area contributed by atoms with Crippen LogP contribution in [0.15, 0.2) is 24.5 Å². The molecule has 1 aromatic heterocycles. The Balaban J connectivity index is 0.00000121. The summed E-state index contributed by atoms with van der Waals surface area (Å²) in [6.45, 7) is 1.66. The molecular formula is C14H17Cl2FN4O. The standard InChI is InChI=1S/C14H15FN4O.2ClH/c1-19(10-2-3-16-8-10)14(20)11-6-9(15)7-12-13(11)18-5-4-17-12;;/h4-7,10,16H,2-3,8H2,1H3;2*1H. The molecule has 1 amide bonds. The second-order valence-corrected chi connectivity index (χ2v) is 4.94. The molecule has 0 bridgehead atoms. The van der Waals surface area contributed by atoms with Gasteiger partial charge in [0.15, 0.2) is 0 Å². The minimum Gasteiger partial charge on any atom is -0.337 e. The quantitative estimate of drug-likeness (QED) is 0.903. The molecule has 0 spiro atoms. The number of carbonyl (C=O) groups excluding carboxylic acids is 1. The van der Waals surface area contributed by atoms with Crippen LogP contribution in [0.1, 0.15) is 16.8 Å². The van der Waals surface area contributed by atoms with E-state index in [4.69, 9.17) is 0 Å². The lowest BCUT2D eigenvalue weighted by Crippen LogP contribution is -2.38. The van der Waals surface area contributed by atoms with E-state index in [1.165, 1.54) is 24.5 Å². The number of carbonyl (C=O) groups is 1. The van der Waals surface area contributed by atoms with Gasteiger partial charge in [-0.25, -0.2) is 4.39 Å². The summed E-state index contributed by atoms with van der Waals surface area (Å²) in [5, 5.41) is 3.21. The van der Waals surface area contributed by atoms with E-state index in [0.29, 0.717) is 11.0 Å². The van der Waals surface area contributed by atoms with Gasteiger partial charge in [0.2, 0.25) is 0 Å². The number of fused-ring (bicyclic) bond motifs is 1. The molecule has 5 nitrogen and oxygen atoms in total. The first-order chi connectivity index (χ1) is 9.66. The predicted octanol–water partition coefficient (Wildman–Crippen LogP) is 2.05. The Hall–Kier alpha value is -1.50. The number of nitrogens with one attached hydrogen (secondary N) is 1. The van der Waals surface area contributed by atoms with Gasteiger partial charge < -0.3 is 10.2 Å². The van der Waals surface area contributed by atoms with Crippen LogP contribution in [-0.4, -0.2) is 47.0 Å². The van der Waals surface area contributed by atoms with E-state index in [0.717, 1.165) is 19.5 Å². The Morgan fingerprint density at radius 1 is 1.32 bits per heavy atom. The van der Waals surface area contributed by atoms with Crippen LogP contribution in [0.3, 0.4) is 0 Å². The number of hydrogen-bond acceptors (Lipinski definition) is 4. The number of nitrogens with zero attached hydrogens (tertiary/aromatic N) is 3. The van der Waals surface area contributed by atoms with Crippen LogP contribution >= 0.6 is 24.8 Å². The molecule has 1 aliphatic rings. The molecule has 0 saturated carbocycles. The first kappa shape index (κ1) is 18.5. The van der Waals surface area contributed by atoms with Gasteiger partial charge in [0.1, 0.15) is 11.3 Å². The predicted molar refractivity (Wildman–Crippen MR) is 87.4 cm³/mol. The lowest BCUT2D eigenvalue weighted by molar-refractivity contribution is 0.0745. The van der Waals surface area contributed by atoms with E-state index in [2.05, 4.69) is 15.3 Å². The van der Waals surface area contributed by atoms with E-state index in [9.17, 15) is 9.18 Å². The summed E-state index contributed by atoms with van der Waals surface area (Å²) in [5.41, 5.74) is 1.10. The van der Waals surface area contributed by atoms with Crippen LogP contribution in [0.2, 0.25) is 0 Å². The summed E-state index contributed by atoms with van der Waals surface area (Å²) in [6.07, 6.45) is 3.90. The highest BCUT2D eigenvalue weighted by Gasteiger charge is 2.26. The number of rotatable bonds is 2. The fourth-order valence-corrected chi connectivity index (χ4v) is 2.53. The molecule has 1 aliphatic heterocycles. The zero-order valence-electron chi connectivity index (χ0n) is 12.0. The van der Waals surface area contributed by atoms with Gasteiger partial charge in [-0.15, -0.1) is 24.8 Å². The van der Waals surface area contributed by atoms with Crippen molar-refractivity contribution in [2.75, 3.05) is 20.1 Å². The smallest absolute Gasteiger partial charge is 0.256 e. The molecule has 1 atom stereocenters. The number of aromatic nitrogens is 2.